The van der Waals surface area contributed by atoms with Crippen LogP contribution in [0.1, 0.15) is 6.85 Å². The fraction of sp³-hybridized carbons (Fsp3) is 0. The van der Waals surface area contributed by atoms with Crippen LogP contribution in [0, 0.1) is 0 Å². The van der Waals surface area contributed by atoms with Crippen LogP contribution in [-0.2, 0) is 0 Å². The molecule has 1 aromatic heterocycles. The SMILES string of the molecule is [2H]c1c([2H])c([2H])c(-c2ccc3ccc(O)cc3n2)c([2H])c1[2H]. The van der Waals surface area contributed by atoms with Crippen molar-refractivity contribution in [3.63, 3.8) is 0 Å². The Morgan fingerprint density at radius 2 is 1.76 bits per heavy atom. The van der Waals surface area contributed by atoms with Crippen molar-refractivity contribution in [3.05, 3.63) is 60.5 Å². The molecule has 2 heteroatoms. The molecule has 0 aliphatic heterocycles. The van der Waals surface area contributed by atoms with E-state index in [1.54, 1.807) is 18.2 Å². The highest BCUT2D eigenvalue weighted by Crippen LogP contribution is 2.23. The molecule has 2 nitrogen and oxygen atoms in total. The fourth-order valence-electron chi connectivity index (χ4n) is 1.62. The van der Waals surface area contributed by atoms with Crippen LogP contribution in [0.25, 0.3) is 22.2 Å². The molecular weight excluding hydrogens is 210 g/mol. The molecule has 82 valence electrons. The van der Waals surface area contributed by atoms with Gasteiger partial charge in [-0.25, -0.2) is 4.98 Å². The second-order valence-corrected chi connectivity index (χ2v) is 3.57. The van der Waals surface area contributed by atoms with Crippen LogP contribution < -0.4 is 0 Å². The first-order valence-corrected chi connectivity index (χ1v) is 5.07. The van der Waals surface area contributed by atoms with Crippen molar-refractivity contribution in [3.8, 4) is 17.0 Å². The molecule has 0 spiro atoms. The van der Waals surface area contributed by atoms with Gasteiger partial charge in [0.25, 0.3) is 0 Å². The Balaban J connectivity index is 2.32. The van der Waals surface area contributed by atoms with Crippen LogP contribution in [-0.4, -0.2) is 10.1 Å². The minimum Gasteiger partial charge on any atom is -0.508 e. The van der Waals surface area contributed by atoms with Crippen molar-refractivity contribution >= 4 is 10.9 Å². The summed E-state index contributed by atoms with van der Waals surface area (Å²) in [5.41, 5.74) is 0.815. The highest BCUT2D eigenvalue weighted by Gasteiger charge is 2.01. The van der Waals surface area contributed by atoms with Gasteiger partial charge < -0.3 is 5.11 Å². The smallest absolute Gasteiger partial charge is 0.117 e. The van der Waals surface area contributed by atoms with Crippen molar-refractivity contribution < 1.29 is 12.0 Å². The molecule has 0 unspecified atom stereocenters. The monoisotopic (exact) mass is 226 g/mol. The summed E-state index contributed by atoms with van der Waals surface area (Å²) in [6.07, 6.45) is 0. The van der Waals surface area contributed by atoms with Crippen molar-refractivity contribution in [2.75, 3.05) is 0 Å². The Hall–Kier alpha value is -2.35. The Morgan fingerprint density at radius 3 is 2.59 bits per heavy atom. The summed E-state index contributed by atoms with van der Waals surface area (Å²) in [5.74, 6) is 0.0539. The van der Waals surface area contributed by atoms with Gasteiger partial charge in [0, 0.05) is 17.0 Å². The van der Waals surface area contributed by atoms with E-state index in [9.17, 15) is 5.11 Å². The number of nitrogens with zero attached hydrogens (tertiary/aromatic N) is 1. The van der Waals surface area contributed by atoms with Crippen molar-refractivity contribution in [2.24, 2.45) is 0 Å². The molecule has 0 saturated heterocycles. The van der Waals surface area contributed by atoms with Crippen molar-refractivity contribution in [1.82, 2.24) is 4.98 Å². The molecule has 0 aliphatic rings. The van der Waals surface area contributed by atoms with Gasteiger partial charge in [-0.1, -0.05) is 36.3 Å². The molecular formula is C15H11NO. The molecule has 0 radical (unpaired) electrons. The summed E-state index contributed by atoms with van der Waals surface area (Å²) in [7, 11) is 0. The molecule has 17 heavy (non-hydrogen) atoms. The van der Waals surface area contributed by atoms with E-state index in [0.717, 1.165) is 5.39 Å². The third kappa shape index (κ3) is 1.85. The number of hydrogen-bond acceptors (Lipinski definition) is 2. The van der Waals surface area contributed by atoms with Gasteiger partial charge in [-0.05, 0) is 18.2 Å². The normalized spacial score (nSPS) is 14.7. The maximum absolute atomic E-state index is 9.53. The van der Waals surface area contributed by atoms with E-state index in [4.69, 9.17) is 6.85 Å². The van der Waals surface area contributed by atoms with E-state index in [-0.39, 0.29) is 29.1 Å². The zero-order valence-electron chi connectivity index (χ0n) is 13.8. The van der Waals surface area contributed by atoms with Crippen molar-refractivity contribution in [1.29, 1.82) is 0 Å². The van der Waals surface area contributed by atoms with Crippen LogP contribution in [0.2, 0.25) is 0 Å². The van der Waals surface area contributed by atoms with Gasteiger partial charge in [-0.3, -0.25) is 0 Å². The molecule has 0 fully saturated rings. The molecule has 3 aromatic rings. The predicted octanol–water partition coefficient (Wildman–Crippen LogP) is 3.61. The summed E-state index contributed by atoms with van der Waals surface area (Å²) >= 11 is 0. The van der Waals surface area contributed by atoms with Gasteiger partial charge in [-0.15, -0.1) is 0 Å². The summed E-state index contributed by atoms with van der Waals surface area (Å²) < 4.78 is 38.9. The highest BCUT2D eigenvalue weighted by molar-refractivity contribution is 5.82. The minimum atomic E-state index is -0.433. The number of phenolic OH excluding ortho intramolecular Hbond substituents is 1. The van der Waals surface area contributed by atoms with E-state index in [1.807, 2.05) is 0 Å². The van der Waals surface area contributed by atoms with Gasteiger partial charge in [0.15, 0.2) is 0 Å². The average molecular weight is 226 g/mol. The summed E-state index contributed by atoms with van der Waals surface area (Å²) in [5, 5.41) is 10.3. The highest BCUT2D eigenvalue weighted by atomic mass is 16.3. The number of hydrogen-bond donors (Lipinski definition) is 1. The van der Waals surface area contributed by atoms with Gasteiger partial charge in [0.1, 0.15) is 5.75 Å². The Bertz CT molecular complexity index is 881. The lowest BCUT2D eigenvalue weighted by Crippen LogP contribution is -1.84. The fourth-order valence-corrected chi connectivity index (χ4v) is 1.62. The van der Waals surface area contributed by atoms with Crippen LogP contribution >= 0.6 is 0 Å². The van der Waals surface area contributed by atoms with Gasteiger partial charge >= 0.3 is 0 Å². The first kappa shape index (κ1) is 5.82. The number of pyridine rings is 1. The van der Waals surface area contributed by atoms with E-state index in [2.05, 4.69) is 4.98 Å². The number of aromatic hydroxyl groups is 1. The number of phenols is 1. The predicted molar refractivity (Wildman–Crippen MR) is 68.8 cm³/mol. The second-order valence-electron chi connectivity index (χ2n) is 3.57. The minimum absolute atomic E-state index is 0.0521. The standard InChI is InChI=1S/C15H11NO/c17-13-8-6-12-7-9-14(16-15(12)10-13)11-4-2-1-3-5-11/h1-10,17H/i1D,2D,3D,4D,5D. The molecule has 1 heterocycles. The first-order valence-electron chi connectivity index (χ1n) is 7.57. The third-order valence-electron chi connectivity index (χ3n) is 2.43. The second kappa shape index (κ2) is 3.91. The molecule has 3 rings (SSSR count). The third-order valence-corrected chi connectivity index (χ3v) is 2.43. The Kier molecular flexibility index (Phi) is 1.34. The maximum Gasteiger partial charge on any atom is 0.117 e. The van der Waals surface area contributed by atoms with Gasteiger partial charge in [0.05, 0.1) is 18.1 Å². The molecule has 0 saturated carbocycles. The summed E-state index contributed by atoms with van der Waals surface area (Å²) in [4.78, 5) is 4.31. The lowest BCUT2D eigenvalue weighted by molar-refractivity contribution is 0.476. The Morgan fingerprint density at radius 1 is 1.00 bits per heavy atom. The molecule has 2 aromatic carbocycles. The first-order chi connectivity index (χ1) is 10.4. The average Bonchev–Trinajstić information content (AvgIpc) is 2.51. The number of rotatable bonds is 1. The zero-order valence-corrected chi connectivity index (χ0v) is 8.78. The number of benzene rings is 2. The zero-order chi connectivity index (χ0) is 16.0. The maximum atomic E-state index is 9.53. The van der Waals surface area contributed by atoms with Crippen LogP contribution in [0.4, 0.5) is 0 Å². The number of fused-ring (bicyclic) bond motifs is 1. The molecule has 0 atom stereocenters. The Labute approximate surface area is 106 Å². The molecule has 1 N–H and O–H groups in total. The largest absolute Gasteiger partial charge is 0.508 e. The van der Waals surface area contributed by atoms with E-state index in [1.165, 1.54) is 12.1 Å². The quantitative estimate of drug-likeness (QED) is 0.687. The van der Waals surface area contributed by atoms with Gasteiger partial charge in [-0.2, -0.15) is 0 Å². The molecule has 0 aliphatic carbocycles. The van der Waals surface area contributed by atoms with Crippen LogP contribution in [0.15, 0.2) is 60.5 Å². The van der Waals surface area contributed by atoms with E-state index in [0.29, 0.717) is 5.52 Å². The van der Waals surface area contributed by atoms with E-state index >= 15 is 0 Å². The van der Waals surface area contributed by atoms with Crippen molar-refractivity contribution in [2.45, 2.75) is 0 Å². The lowest BCUT2D eigenvalue weighted by Gasteiger charge is -2.03. The summed E-state index contributed by atoms with van der Waals surface area (Å²) in [6.45, 7) is 0. The molecule has 0 amide bonds. The molecule has 0 bridgehead atoms. The van der Waals surface area contributed by atoms with Crippen LogP contribution in [0.5, 0.6) is 5.75 Å². The van der Waals surface area contributed by atoms with Crippen LogP contribution in [0.3, 0.4) is 0 Å². The number of aromatic nitrogens is 1. The topological polar surface area (TPSA) is 33.1 Å². The lowest BCUT2D eigenvalue weighted by atomic mass is 10.1. The van der Waals surface area contributed by atoms with E-state index < -0.39 is 18.1 Å². The van der Waals surface area contributed by atoms with Gasteiger partial charge in [0.2, 0.25) is 0 Å². The summed E-state index contributed by atoms with van der Waals surface area (Å²) in [6, 6.07) is 6.23.